The second kappa shape index (κ2) is 5.67. The maximum atomic E-state index is 9.11. The van der Waals surface area contributed by atoms with E-state index in [0.717, 1.165) is 5.69 Å². The Balaban J connectivity index is 2.21. The second-order valence-corrected chi connectivity index (χ2v) is 4.49. The van der Waals surface area contributed by atoms with E-state index >= 15 is 0 Å². The Labute approximate surface area is 102 Å². The van der Waals surface area contributed by atoms with Crippen molar-refractivity contribution in [3.63, 3.8) is 0 Å². The maximum Gasteiger partial charge on any atom is 0.155 e. The van der Waals surface area contributed by atoms with Gasteiger partial charge in [0.25, 0.3) is 0 Å². The molecule has 0 amide bonds. The van der Waals surface area contributed by atoms with E-state index in [1.807, 2.05) is 13.0 Å². The van der Waals surface area contributed by atoms with Crippen LogP contribution in [-0.2, 0) is 0 Å². The summed E-state index contributed by atoms with van der Waals surface area (Å²) < 4.78 is 5.39. The Morgan fingerprint density at radius 1 is 1.41 bits per heavy atom. The lowest BCUT2D eigenvalue weighted by molar-refractivity contribution is 0.337. The molecule has 0 N–H and O–H groups in total. The molecule has 3 nitrogen and oxygen atoms in total. The molecule has 0 atom stereocenters. The molecule has 0 bridgehead atoms. The van der Waals surface area contributed by atoms with Crippen molar-refractivity contribution in [3.05, 3.63) is 23.5 Å². The third-order valence-electron chi connectivity index (χ3n) is 3.33. The second-order valence-electron chi connectivity index (χ2n) is 4.49. The number of aromatic nitrogens is 1. The minimum Gasteiger partial charge on any atom is -0.491 e. The van der Waals surface area contributed by atoms with Crippen LogP contribution in [0.3, 0.4) is 0 Å². The Morgan fingerprint density at radius 3 is 2.82 bits per heavy atom. The first kappa shape index (κ1) is 11.9. The highest BCUT2D eigenvalue weighted by Crippen LogP contribution is 2.32. The first-order valence-corrected chi connectivity index (χ1v) is 6.38. The van der Waals surface area contributed by atoms with E-state index in [0.29, 0.717) is 23.8 Å². The summed E-state index contributed by atoms with van der Waals surface area (Å²) in [6.45, 7) is 2.48. The smallest absolute Gasteiger partial charge is 0.155 e. The van der Waals surface area contributed by atoms with Gasteiger partial charge in [0.05, 0.1) is 18.4 Å². The molecule has 2 rings (SSSR count). The van der Waals surface area contributed by atoms with Gasteiger partial charge < -0.3 is 4.74 Å². The van der Waals surface area contributed by atoms with Gasteiger partial charge in [0.1, 0.15) is 6.07 Å². The van der Waals surface area contributed by atoms with Crippen LogP contribution in [-0.4, -0.2) is 11.6 Å². The van der Waals surface area contributed by atoms with Gasteiger partial charge in [-0.2, -0.15) is 5.26 Å². The van der Waals surface area contributed by atoms with E-state index in [4.69, 9.17) is 10.00 Å². The van der Waals surface area contributed by atoms with Crippen LogP contribution in [0.4, 0.5) is 0 Å². The highest BCUT2D eigenvalue weighted by atomic mass is 16.5. The van der Waals surface area contributed by atoms with Gasteiger partial charge in [0.15, 0.2) is 5.75 Å². The summed E-state index contributed by atoms with van der Waals surface area (Å²) in [6, 6.07) is 4.10. The first-order valence-electron chi connectivity index (χ1n) is 6.38. The van der Waals surface area contributed by atoms with Crippen molar-refractivity contribution in [2.45, 2.75) is 44.9 Å². The third-order valence-corrected chi connectivity index (χ3v) is 3.33. The van der Waals surface area contributed by atoms with Gasteiger partial charge in [0.2, 0.25) is 0 Å². The predicted molar refractivity (Wildman–Crippen MR) is 65.9 cm³/mol. The standard InChI is InChI=1S/C14H18N2O/c1-2-17-14-10-16-13(8-12(14)9-15)11-6-4-3-5-7-11/h8,10-11H,2-7H2,1H3. The quantitative estimate of drug-likeness (QED) is 0.799. The van der Waals surface area contributed by atoms with E-state index in [1.165, 1.54) is 32.1 Å². The molecule has 0 spiro atoms. The van der Waals surface area contributed by atoms with Crippen LogP contribution in [0.15, 0.2) is 12.3 Å². The summed E-state index contributed by atoms with van der Waals surface area (Å²) in [4.78, 5) is 4.45. The number of pyridine rings is 1. The number of nitriles is 1. The zero-order chi connectivity index (χ0) is 12.1. The Hall–Kier alpha value is -1.56. The van der Waals surface area contributed by atoms with E-state index in [-0.39, 0.29) is 0 Å². The van der Waals surface area contributed by atoms with Gasteiger partial charge in [-0.3, -0.25) is 4.98 Å². The van der Waals surface area contributed by atoms with Crippen LogP contribution in [0.25, 0.3) is 0 Å². The van der Waals surface area contributed by atoms with Crippen molar-refractivity contribution >= 4 is 0 Å². The molecule has 1 aromatic heterocycles. The predicted octanol–water partition coefficient (Wildman–Crippen LogP) is 3.40. The molecule has 0 aromatic carbocycles. The van der Waals surface area contributed by atoms with Gasteiger partial charge in [-0.25, -0.2) is 0 Å². The minimum absolute atomic E-state index is 0.534. The molecule has 0 saturated heterocycles. The number of ether oxygens (including phenoxy) is 1. The molecule has 1 aliphatic rings. The molecule has 1 heterocycles. The van der Waals surface area contributed by atoms with Crippen LogP contribution in [0.2, 0.25) is 0 Å². The monoisotopic (exact) mass is 230 g/mol. The zero-order valence-electron chi connectivity index (χ0n) is 10.3. The summed E-state index contributed by atoms with van der Waals surface area (Å²) in [5.41, 5.74) is 1.67. The SMILES string of the molecule is CCOc1cnc(C2CCCCC2)cc1C#N. The van der Waals surface area contributed by atoms with Gasteiger partial charge in [-0.1, -0.05) is 19.3 Å². The molecule has 90 valence electrons. The highest BCUT2D eigenvalue weighted by molar-refractivity contribution is 5.42. The molecule has 1 fully saturated rings. The maximum absolute atomic E-state index is 9.11. The van der Waals surface area contributed by atoms with Gasteiger partial charge >= 0.3 is 0 Å². The summed E-state index contributed by atoms with van der Waals surface area (Å²) in [5, 5.41) is 9.11. The van der Waals surface area contributed by atoms with Crippen molar-refractivity contribution < 1.29 is 4.74 Å². The first-order chi connectivity index (χ1) is 8.35. The van der Waals surface area contributed by atoms with Gasteiger partial charge in [-0.05, 0) is 25.8 Å². The number of hydrogen-bond donors (Lipinski definition) is 0. The van der Waals surface area contributed by atoms with Crippen molar-refractivity contribution in [3.8, 4) is 11.8 Å². The Morgan fingerprint density at radius 2 is 2.18 bits per heavy atom. The van der Waals surface area contributed by atoms with E-state index in [9.17, 15) is 0 Å². The fourth-order valence-corrected chi connectivity index (χ4v) is 2.44. The van der Waals surface area contributed by atoms with Gasteiger partial charge in [0, 0.05) is 11.6 Å². The average Bonchev–Trinajstić information content (AvgIpc) is 2.40. The third kappa shape index (κ3) is 2.76. The molecule has 17 heavy (non-hydrogen) atoms. The molecular weight excluding hydrogens is 212 g/mol. The minimum atomic E-state index is 0.534. The zero-order valence-corrected chi connectivity index (χ0v) is 10.3. The highest BCUT2D eigenvalue weighted by Gasteiger charge is 2.18. The topological polar surface area (TPSA) is 45.9 Å². The van der Waals surface area contributed by atoms with Gasteiger partial charge in [-0.15, -0.1) is 0 Å². The molecule has 1 aliphatic carbocycles. The molecule has 0 unspecified atom stereocenters. The molecular formula is C14H18N2O. The molecule has 0 radical (unpaired) electrons. The lowest BCUT2D eigenvalue weighted by Gasteiger charge is -2.21. The molecule has 0 aliphatic heterocycles. The summed E-state index contributed by atoms with van der Waals surface area (Å²) in [7, 11) is 0. The summed E-state index contributed by atoms with van der Waals surface area (Å²) >= 11 is 0. The van der Waals surface area contributed by atoms with Crippen LogP contribution >= 0.6 is 0 Å². The Bertz CT molecular complexity index is 417. The number of nitrogens with zero attached hydrogens (tertiary/aromatic N) is 2. The normalized spacial score (nSPS) is 16.5. The lowest BCUT2D eigenvalue weighted by Crippen LogP contribution is -2.07. The van der Waals surface area contributed by atoms with Crippen molar-refractivity contribution in [2.24, 2.45) is 0 Å². The van der Waals surface area contributed by atoms with Crippen molar-refractivity contribution in [1.82, 2.24) is 4.98 Å². The fourth-order valence-electron chi connectivity index (χ4n) is 2.44. The molecule has 3 heteroatoms. The van der Waals surface area contributed by atoms with Crippen molar-refractivity contribution in [1.29, 1.82) is 5.26 Å². The van der Waals surface area contributed by atoms with Crippen molar-refractivity contribution in [2.75, 3.05) is 6.61 Å². The van der Waals surface area contributed by atoms with Crippen LogP contribution in [0.5, 0.6) is 5.75 Å². The van der Waals surface area contributed by atoms with Crippen LogP contribution in [0.1, 0.15) is 56.2 Å². The lowest BCUT2D eigenvalue weighted by atomic mass is 9.86. The van der Waals surface area contributed by atoms with E-state index in [1.54, 1.807) is 6.20 Å². The largest absolute Gasteiger partial charge is 0.491 e. The molecule has 1 aromatic rings. The number of rotatable bonds is 3. The molecule has 1 saturated carbocycles. The van der Waals surface area contributed by atoms with E-state index in [2.05, 4.69) is 11.1 Å². The van der Waals surface area contributed by atoms with E-state index < -0.39 is 0 Å². The summed E-state index contributed by atoms with van der Waals surface area (Å²) in [5.74, 6) is 1.14. The van der Waals surface area contributed by atoms with Crippen LogP contribution in [0, 0.1) is 11.3 Å². The van der Waals surface area contributed by atoms with Crippen LogP contribution < -0.4 is 4.74 Å². The average molecular weight is 230 g/mol. The Kier molecular flexibility index (Phi) is 3.98. The number of hydrogen-bond acceptors (Lipinski definition) is 3. The summed E-state index contributed by atoms with van der Waals surface area (Å²) in [6.07, 6.45) is 7.99. The fraction of sp³-hybridized carbons (Fsp3) is 0.571.